The Kier molecular flexibility index (Phi) is 3.47. The van der Waals surface area contributed by atoms with Crippen LogP contribution in [-0.4, -0.2) is 30.9 Å². The van der Waals surface area contributed by atoms with Crippen LogP contribution in [0.25, 0.3) is 0 Å². The summed E-state index contributed by atoms with van der Waals surface area (Å²) in [6, 6.07) is 5.32. The van der Waals surface area contributed by atoms with E-state index in [1.54, 1.807) is 12.1 Å². The van der Waals surface area contributed by atoms with E-state index in [9.17, 15) is 13.2 Å². The van der Waals surface area contributed by atoms with E-state index in [0.29, 0.717) is 29.4 Å². The average molecular weight is 334 g/mol. The first-order valence-electron chi connectivity index (χ1n) is 6.40. The Labute approximate surface area is 127 Å². The molecule has 1 heterocycles. The van der Waals surface area contributed by atoms with E-state index < -0.39 is 10.0 Å². The lowest BCUT2D eigenvalue weighted by Crippen LogP contribution is -2.34. The molecule has 2 atom stereocenters. The van der Waals surface area contributed by atoms with Gasteiger partial charge >= 0.3 is 0 Å². The summed E-state index contributed by atoms with van der Waals surface area (Å²) in [5, 5.41) is 0.912. The molecular formula is C13H13Cl2NO3S. The normalized spacial score (nSPS) is 27.6. The molecule has 3 rings (SSSR count). The fraction of sp³-hybridized carbons (Fsp3) is 0.462. The Morgan fingerprint density at radius 2 is 2.05 bits per heavy atom. The number of nitrogens with zero attached hydrogens (tertiary/aromatic N) is 1. The van der Waals surface area contributed by atoms with Gasteiger partial charge in [0.1, 0.15) is 0 Å². The van der Waals surface area contributed by atoms with Gasteiger partial charge in [0.25, 0.3) is 0 Å². The van der Waals surface area contributed by atoms with Crippen molar-refractivity contribution in [1.29, 1.82) is 0 Å². The van der Waals surface area contributed by atoms with E-state index in [1.807, 2.05) is 6.07 Å². The molecule has 0 unspecified atom stereocenters. The van der Waals surface area contributed by atoms with Crippen LogP contribution in [0.1, 0.15) is 24.3 Å². The van der Waals surface area contributed by atoms with Crippen molar-refractivity contribution in [3.8, 4) is 0 Å². The molecule has 1 aliphatic carbocycles. The van der Waals surface area contributed by atoms with E-state index in [2.05, 4.69) is 0 Å². The minimum atomic E-state index is -3.39. The smallest absolute Gasteiger partial charge is 0.239 e. The van der Waals surface area contributed by atoms with Gasteiger partial charge in [-0.1, -0.05) is 35.3 Å². The monoisotopic (exact) mass is 333 g/mol. The molecule has 0 bridgehead atoms. The molecule has 2 aliphatic rings. The molecule has 1 amide bonds. The highest BCUT2D eigenvalue weighted by molar-refractivity contribution is 7.89. The molecule has 1 aromatic carbocycles. The van der Waals surface area contributed by atoms with Gasteiger partial charge in [0, 0.05) is 12.5 Å². The lowest BCUT2D eigenvalue weighted by Gasteiger charge is -2.14. The first kappa shape index (κ1) is 14.2. The van der Waals surface area contributed by atoms with E-state index >= 15 is 0 Å². The first-order chi connectivity index (χ1) is 9.42. The zero-order chi connectivity index (χ0) is 14.5. The Morgan fingerprint density at radius 1 is 1.30 bits per heavy atom. The zero-order valence-corrected chi connectivity index (χ0v) is 12.9. The number of carbonyl (C=O) groups is 1. The van der Waals surface area contributed by atoms with E-state index in [1.165, 1.54) is 0 Å². The van der Waals surface area contributed by atoms with Gasteiger partial charge in [0.15, 0.2) is 0 Å². The standard InChI is InChI=1S/C13H13Cl2NO3S/c14-11-4-1-3-8(12(11)15)9-7-10(9)13(17)16-5-2-6-20(16,18)19/h1,3-4,9-10H,2,5-7H2/t9-,10-/m0/s1. The Balaban J connectivity index is 1.79. The van der Waals surface area contributed by atoms with Crippen molar-refractivity contribution in [2.75, 3.05) is 12.3 Å². The molecule has 0 radical (unpaired) electrons. The fourth-order valence-electron chi connectivity index (χ4n) is 2.69. The molecule has 0 N–H and O–H groups in total. The molecule has 1 saturated carbocycles. The first-order valence-corrected chi connectivity index (χ1v) is 8.76. The summed E-state index contributed by atoms with van der Waals surface area (Å²) in [6.45, 7) is 0.299. The second kappa shape index (κ2) is 4.90. The SMILES string of the molecule is O=C([C@H]1C[C@H]1c1cccc(Cl)c1Cl)N1CCCS1(=O)=O. The number of hydrogen-bond donors (Lipinski definition) is 0. The summed E-state index contributed by atoms with van der Waals surface area (Å²) in [6.07, 6.45) is 1.15. The Morgan fingerprint density at radius 3 is 2.70 bits per heavy atom. The maximum absolute atomic E-state index is 12.3. The van der Waals surface area contributed by atoms with Crippen LogP contribution < -0.4 is 0 Å². The van der Waals surface area contributed by atoms with Crippen molar-refractivity contribution in [3.63, 3.8) is 0 Å². The summed E-state index contributed by atoms with van der Waals surface area (Å²) in [5.74, 6) is -0.555. The van der Waals surface area contributed by atoms with Crippen molar-refractivity contribution >= 4 is 39.1 Å². The van der Waals surface area contributed by atoms with Crippen LogP contribution in [0.2, 0.25) is 10.0 Å². The van der Waals surface area contributed by atoms with Crippen molar-refractivity contribution in [1.82, 2.24) is 4.31 Å². The molecular weight excluding hydrogens is 321 g/mol. The van der Waals surface area contributed by atoms with Gasteiger partial charge in [0.05, 0.1) is 15.8 Å². The summed E-state index contributed by atoms with van der Waals surface area (Å²) < 4.78 is 24.5. The highest BCUT2D eigenvalue weighted by Crippen LogP contribution is 2.51. The van der Waals surface area contributed by atoms with Crippen molar-refractivity contribution in [2.45, 2.75) is 18.8 Å². The Bertz CT molecular complexity index is 674. The van der Waals surface area contributed by atoms with Crippen molar-refractivity contribution in [2.24, 2.45) is 5.92 Å². The molecule has 0 aromatic heterocycles. The Hall–Kier alpha value is -0.780. The van der Waals surface area contributed by atoms with Crippen LogP contribution in [-0.2, 0) is 14.8 Å². The van der Waals surface area contributed by atoms with Crippen molar-refractivity contribution in [3.05, 3.63) is 33.8 Å². The van der Waals surface area contributed by atoms with E-state index in [4.69, 9.17) is 23.2 Å². The molecule has 1 saturated heterocycles. The molecule has 2 fully saturated rings. The van der Waals surface area contributed by atoms with Gasteiger partial charge in [-0.3, -0.25) is 4.79 Å². The number of hydrogen-bond acceptors (Lipinski definition) is 3. The fourth-order valence-corrected chi connectivity index (χ4v) is 4.67. The maximum atomic E-state index is 12.3. The summed E-state index contributed by atoms with van der Waals surface area (Å²) in [4.78, 5) is 12.3. The minimum Gasteiger partial charge on any atom is -0.273 e. The number of carbonyl (C=O) groups excluding carboxylic acids is 1. The molecule has 7 heteroatoms. The predicted octanol–water partition coefficient (Wildman–Crippen LogP) is 2.66. The number of halogens is 2. The predicted molar refractivity (Wildman–Crippen MR) is 77.4 cm³/mol. The van der Waals surface area contributed by atoms with Gasteiger partial charge in [-0.25, -0.2) is 12.7 Å². The van der Waals surface area contributed by atoms with Gasteiger partial charge in [-0.15, -0.1) is 0 Å². The molecule has 20 heavy (non-hydrogen) atoms. The van der Waals surface area contributed by atoms with Crippen LogP contribution in [0.3, 0.4) is 0 Å². The van der Waals surface area contributed by atoms with Crippen LogP contribution in [0.4, 0.5) is 0 Å². The second-order valence-corrected chi connectivity index (χ2v) is 7.97. The lowest BCUT2D eigenvalue weighted by atomic mass is 10.1. The second-order valence-electron chi connectivity index (χ2n) is 5.17. The molecule has 0 spiro atoms. The lowest BCUT2D eigenvalue weighted by molar-refractivity contribution is -0.127. The number of rotatable bonds is 2. The largest absolute Gasteiger partial charge is 0.273 e. The van der Waals surface area contributed by atoms with Gasteiger partial charge < -0.3 is 0 Å². The molecule has 1 aliphatic heterocycles. The third-order valence-electron chi connectivity index (χ3n) is 3.83. The number of benzene rings is 1. The van der Waals surface area contributed by atoms with E-state index in [-0.39, 0.29) is 23.5 Å². The van der Waals surface area contributed by atoms with Crippen LogP contribution >= 0.6 is 23.2 Å². The zero-order valence-electron chi connectivity index (χ0n) is 10.6. The quantitative estimate of drug-likeness (QED) is 0.836. The summed E-state index contributed by atoms with van der Waals surface area (Å²) >= 11 is 12.1. The average Bonchev–Trinajstić information content (AvgIpc) is 3.09. The topological polar surface area (TPSA) is 54.5 Å². The van der Waals surface area contributed by atoms with E-state index in [0.717, 1.165) is 9.87 Å². The van der Waals surface area contributed by atoms with Crippen LogP contribution in [0.15, 0.2) is 18.2 Å². The highest BCUT2D eigenvalue weighted by atomic mass is 35.5. The summed E-state index contributed by atoms with van der Waals surface area (Å²) in [7, 11) is -3.39. The van der Waals surface area contributed by atoms with Crippen LogP contribution in [0.5, 0.6) is 0 Å². The van der Waals surface area contributed by atoms with Crippen molar-refractivity contribution < 1.29 is 13.2 Å². The van der Waals surface area contributed by atoms with Gasteiger partial charge in [0.2, 0.25) is 15.9 Å². The van der Waals surface area contributed by atoms with Gasteiger partial charge in [-0.2, -0.15) is 0 Å². The summed E-state index contributed by atoms with van der Waals surface area (Å²) in [5.41, 5.74) is 0.828. The maximum Gasteiger partial charge on any atom is 0.239 e. The van der Waals surface area contributed by atoms with Gasteiger partial charge in [-0.05, 0) is 30.4 Å². The molecule has 1 aromatic rings. The minimum absolute atomic E-state index is 0.0236. The molecule has 4 nitrogen and oxygen atoms in total. The molecule has 108 valence electrons. The highest BCUT2D eigenvalue weighted by Gasteiger charge is 2.49. The number of amides is 1. The number of sulfonamides is 1. The van der Waals surface area contributed by atoms with Crippen LogP contribution in [0, 0.1) is 5.92 Å². The third kappa shape index (κ3) is 2.32. The third-order valence-corrected chi connectivity index (χ3v) is 6.51.